The summed E-state index contributed by atoms with van der Waals surface area (Å²) in [5, 5.41) is 5.09. The van der Waals surface area contributed by atoms with Gasteiger partial charge in [-0.05, 0) is 56.4 Å². The van der Waals surface area contributed by atoms with E-state index < -0.39 is 5.91 Å². The minimum absolute atomic E-state index is 0.245. The molecule has 150 valence electrons. The number of imide groups is 1. The Morgan fingerprint density at radius 3 is 2.34 bits per heavy atom. The van der Waals surface area contributed by atoms with E-state index in [1.165, 1.54) is 22.5 Å². The average molecular weight is 410 g/mol. The van der Waals surface area contributed by atoms with Gasteiger partial charge in [-0.25, -0.2) is 4.98 Å². The molecule has 2 aromatic rings. The number of allylic oxidation sites excluding steroid dienone is 2. The molecule has 0 unspecified atom stereocenters. The lowest BCUT2D eigenvalue weighted by Crippen LogP contribution is -2.38. The fraction of sp³-hybridized carbons (Fsp3) is 0.364. The maximum atomic E-state index is 12.5. The molecule has 7 heteroatoms. The Morgan fingerprint density at radius 1 is 1.07 bits per heavy atom. The topological polar surface area (TPSA) is 79.4 Å². The molecule has 1 aromatic heterocycles. The van der Waals surface area contributed by atoms with Crippen molar-refractivity contribution in [3.05, 3.63) is 46.4 Å². The van der Waals surface area contributed by atoms with Gasteiger partial charge in [-0.2, -0.15) is 0 Å². The zero-order valence-electron chi connectivity index (χ0n) is 16.7. The van der Waals surface area contributed by atoms with E-state index >= 15 is 0 Å². The number of anilines is 1. The van der Waals surface area contributed by atoms with E-state index in [1.807, 2.05) is 24.5 Å². The van der Waals surface area contributed by atoms with Crippen molar-refractivity contribution in [1.82, 2.24) is 9.88 Å². The Balaban J connectivity index is 1.44. The molecule has 2 heterocycles. The number of thiazole rings is 1. The molecule has 1 fully saturated rings. The number of nitrogens with zero attached hydrogens (tertiary/aromatic N) is 2. The van der Waals surface area contributed by atoms with Crippen LogP contribution in [-0.2, 0) is 14.4 Å². The van der Waals surface area contributed by atoms with Gasteiger partial charge in [0.15, 0.2) is 5.13 Å². The van der Waals surface area contributed by atoms with Crippen LogP contribution in [0.2, 0.25) is 0 Å². The van der Waals surface area contributed by atoms with Gasteiger partial charge in [0.05, 0.1) is 17.5 Å². The van der Waals surface area contributed by atoms with E-state index in [0.717, 1.165) is 21.7 Å². The maximum Gasteiger partial charge on any atom is 0.246 e. The number of likely N-dealkylation sites (tertiary alicyclic amines) is 1. The molecular weight excluding hydrogens is 386 g/mol. The highest BCUT2D eigenvalue weighted by atomic mass is 32.1. The number of amides is 3. The molecule has 1 aromatic carbocycles. The van der Waals surface area contributed by atoms with Gasteiger partial charge in [0.25, 0.3) is 0 Å². The minimum Gasteiger partial charge on any atom is -0.300 e. The molecule has 1 N–H and O–H groups in total. The van der Waals surface area contributed by atoms with Crippen LogP contribution in [0.3, 0.4) is 0 Å². The Morgan fingerprint density at radius 2 is 1.69 bits per heavy atom. The van der Waals surface area contributed by atoms with Crippen molar-refractivity contribution in [3.63, 3.8) is 0 Å². The zero-order valence-corrected chi connectivity index (χ0v) is 17.5. The smallest absolute Gasteiger partial charge is 0.246 e. The van der Waals surface area contributed by atoms with E-state index in [1.54, 1.807) is 0 Å². The molecule has 29 heavy (non-hydrogen) atoms. The highest BCUT2D eigenvalue weighted by molar-refractivity contribution is 7.14. The predicted octanol–water partition coefficient (Wildman–Crippen LogP) is 3.63. The normalized spacial score (nSPS) is 20.9. The third-order valence-corrected chi connectivity index (χ3v) is 6.53. The lowest BCUT2D eigenvalue weighted by atomic mass is 9.85. The monoisotopic (exact) mass is 409 g/mol. The number of rotatable bonds is 4. The van der Waals surface area contributed by atoms with Gasteiger partial charge in [0.2, 0.25) is 17.7 Å². The van der Waals surface area contributed by atoms with E-state index in [0.29, 0.717) is 18.0 Å². The van der Waals surface area contributed by atoms with Crippen molar-refractivity contribution >= 4 is 34.2 Å². The van der Waals surface area contributed by atoms with Gasteiger partial charge in [0, 0.05) is 10.9 Å². The molecule has 0 spiro atoms. The van der Waals surface area contributed by atoms with Crippen molar-refractivity contribution in [2.75, 3.05) is 11.9 Å². The third-order valence-electron chi connectivity index (χ3n) is 5.77. The SMILES string of the molecule is Cc1cc(C)c(-c2csc(NC(=O)CN3C(=O)[C@H]4CC=CC[C@@H]4C3=O)n2)cc1C. The van der Waals surface area contributed by atoms with Gasteiger partial charge in [0.1, 0.15) is 6.54 Å². The predicted molar refractivity (Wildman–Crippen MR) is 112 cm³/mol. The van der Waals surface area contributed by atoms with Gasteiger partial charge in [-0.3, -0.25) is 19.3 Å². The second-order valence-corrected chi connectivity index (χ2v) is 8.61. The van der Waals surface area contributed by atoms with Crippen LogP contribution in [0.1, 0.15) is 29.5 Å². The van der Waals surface area contributed by atoms with E-state index in [-0.39, 0.29) is 30.2 Å². The molecule has 6 nitrogen and oxygen atoms in total. The van der Waals surface area contributed by atoms with Crippen LogP contribution in [0, 0.1) is 32.6 Å². The average Bonchev–Trinajstić information content (AvgIpc) is 3.24. The largest absolute Gasteiger partial charge is 0.300 e. The minimum atomic E-state index is -0.406. The van der Waals surface area contributed by atoms with Crippen LogP contribution >= 0.6 is 11.3 Å². The number of hydrogen-bond acceptors (Lipinski definition) is 5. The molecule has 3 amide bonds. The van der Waals surface area contributed by atoms with Crippen LogP contribution < -0.4 is 5.32 Å². The van der Waals surface area contributed by atoms with Crippen LogP contribution in [0.25, 0.3) is 11.3 Å². The Kier molecular flexibility index (Phi) is 5.08. The zero-order chi connectivity index (χ0) is 20.7. The number of fused-ring (bicyclic) bond motifs is 1. The van der Waals surface area contributed by atoms with Crippen LogP contribution in [0.4, 0.5) is 5.13 Å². The number of benzene rings is 1. The molecule has 1 aliphatic heterocycles. The Bertz CT molecular complexity index is 1010. The van der Waals surface area contributed by atoms with Crippen LogP contribution in [-0.4, -0.2) is 34.2 Å². The summed E-state index contributed by atoms with van der Waals surface area (Å²) in [4.78, 5) is 43.1. The van der Waals surface area contributed by atoms with Gasteiger partial charge >= 0.3 is 0 Å². The number of nitrogens with one attached hydrogen (secondary N) is 1. The van der Waals surface area contributed by atoms with Crippen molar-refractivity contribution in [3.8, 4) is 11.3 Å². The first-order valence-corrected chi connectivity index (χ1v) is 10.6. The molecule has 1 saturated heterocycles. The first kappa shape index (κ1) is 19.5. The summed E-state index contributed by atoms with van der Waals surface area (Å²) in [5.74, 6) is -1.54. The molecule has 2 aliphatic rings. The number of hydrogen-bond donors (Lipinski definition) is 1. The van der Waals surface area contributed by atoms with Gasteiger partial charge in [-0.15, -0.1) is 11.3 Å². The van der Waals surface area contributed by atoms with Gasteiger partial charge in [-0.1, -0.05) is 18.2 Å². The summed E-state index contributed by atoms with van der Waals surface area (Å²) in [6.07, 6.45) is 5.00. The van der Waals surface area contributed by atoms with Crippen molar-refractivity contribution in [2.24, 2.45) is 11.8 Å². The number of aromatic nitrogens is 1. The molecule has 4 rings (SSSR count). The highest BCUT2D eigenvalue weighted by Crippen LogP contribution is 2.35. The summed E-state index contributed by atoms with van der Waals surface area (Å²) >= 11 is 1.33. The van der Waals surface area contributed by atoms with Crippen molar-refractivity contribution in [1.29, 1.82) is 0 Å². The van der Waals surface area contributed by atoms with Crippen LogP contribution in [0.15, 0.2) is 29.7 Å². The van der Waals surface area contributed by atoms with Crippen LogP contribution in [0.5, 0.6) is 0 Å². The lowest BCUT2D eigenvalue weighted by Gasteiger charge is -2.14. The highest BCUT2D eigenvalue weighted by Gasteiger charge is 2.47. The van der Waals surface area contributed by atoms with E-state index in [2.05, 4.69) is 36.3 Å². The summed E-state index contributed by atoms with van der Waals surface area (Å²) in [7, 11) is 0. The maximum absolute atomic E-state index is 12.5. The second kappa shape index (κ2) is 7.55. The molecule has 0 radical (unpaired) electrons. The third kappa shape index (κ3) is 3.62. The quantitative estimate of drug-likeness (QED) is 0.618. The Hall–Kier alpha value is -2.80. The van der Waals surface area contributed by atoms with E-state index in [4.69, 9.17) is 0 Å². The van der Waals surface area contributed by atoms with Gasteiger partial charge < -0.3 is 5.32 Å². The summed E-state index contributed by atoms with van der Waals surface area (Å²) in [6, 6.07) is 4.23. The van der Waals surface area contributed by atoms with E-state index in [9.17, 15) is 14.4 Å². The van der Waals surface area contributed by atoms with Crippen molar-refractivity contribution < 1.29 is 14.4 Å². The fourth-order valence-corrected chi connectivity index (χ4v) is 4.75. The Labute approximate surface area is 173 Å². The summed E-state index contributed by atoms with van der Waals surface area (Å²) in [5.41, 5.74) is 5.38. The number of carbonyl (C=O) groups excluding carboxylic acids is 3. The molecule has 2 atom stereocenters. The van der Waals surface area contributed by atoms with Crippen molar-refractivity contribution in [2.45, 2.75) is 33.6 Å². The molecule has 1 aliphatic carbocycles. The summed E-state index contributed by atoms with van der Waals surface area (Å²) < 4.78 is 0. The molecular formula is C22H23N3O3S. The number of carbonyl (C=O) groups is 3. The molecule has 0 saturated carbocycles. The fourth-order valence-electron chi connectivity index (χ4n) is 4.02. The lowest BCUT2D eigenvalue weighted by molar-refractivity contribution is -0.142. The first-order valence-electron chi connectivity index (χ1n) is 9.69. The standard InChI is InChI=1S/C22H23N3O3S/c1-12-8-14(3)17(9-13(12)2)18-11-29-22(23-18)24-19(26)10-25-20(27)15-6-4-5-7-16(15)21(25)28/h4-5,8-9,11,15-16H,6-7,10H2,1-3H3,(H,23,24,26)/t15-,16-/m0/s1. The second-order valence-electron chi connectivity index (χ2n) is 7.76. The summed E-state index contributed by atoms with van der Waals surface area (Å²) in [6.45, 7) is 5.91. The molecule has 0 bridgehead atoms. The number of aryl methyl sites for hydroxylation is 3. The first-order chi connectivity index (χ1) is 13.8.